The number of amides is 2. The van der Waals surface area contributed by atoms with E-state index in [1.807, 2.05) is 60.7 Å². The van der Waals surface area contributed by atoms with E-state index in [1.165, 1.54) is 6.33 Å². The topological polar surface area (TPSA) is 115 Å². The van der Waals surface area contributed by atoms with Crippen LogP contribution in [0.5, 0.6) is 11.5 Å². The van der Waals surface area contributed by atoms with Gasteiger partial charge in [0, 0.05) is 50.9 Å². The van der Waals surface area contributed by atoms with E-state index in [2.05, 4.69) is 25.2 Å². The summed E-state index contributed by atoms with van der Waals surface area (Å²) in [6.07, 6.45) is 7.40. The number of rotatable bonds is 8. The molecule has 2 aliphatic rings. The Hall–Kier alpha value is -4.15. The minimum Gasteiger partial charge on any atom is -0.454 e. The number of piperazine rings is 1. The smallest absolute Gasteiger partial charge is 0.231 e. The summed E-state index contributed by atoms with van der Waals surface area (Å²) in [5.74, 6) is 3.05. The maximum Gasteiger partial charge on any atom is 0.231 e. The number of hydrogen-bond donors (Lipinski definition) is 1. The van der Waals surface area contributed by atoms with Gasteiger partial charge in [-0.05, 0) is 30.5 Å². The van der Waals surface area contributed by atoms with Gasteiger partial charge in [0.05, 0.1) is 12.1 Å². The van der Waals surface area contributed by atoms with Crippen LogP contribution in [0.2, 0.25) is 0 Å². The molecule has 3 aromatic rings. The lowest BCUT2D eigenvalue weighted by atomic mass is 10.0. The minimum atomic E-state index is -0.241. The van der Waals surface area contributed by atoms with Crippen molar-refractivity contribution in [1.82, 2.24) is 29.7 Å². The molecule has 5 rings (SSSR count). The number of aromatic nitrogens is 4. The van der Waals surface area contributed by atoms with Crippen LogP contribution >= 0.6 is 0 Å². The van der Waals surface area contributed by atoms with Crippen LogP contribution in [-0.4, -0.2) is 68.7 Å². The molecule has 0 radical (unpaired) electrons. The highest BCUT2D eigenvalue weighted by atomic mass is 16.7. The van der Waals surface area contributed by atoms with Crippen molar-refractivity contribution >= 4 is 17.6 Å². The molecular formula is C27H33N7O4. The molecule has 0 spiro atoms. The zero-order chi connectivity index (χ0) is 26.6. The molecule has 0 aliphatic carbocycles. The number of carbonyl (C=O) groups is 2. The van der Waals surface area contributed by atoms with Gasteiger partial charge in [-0.25, -0.2) is 15.0 Å². The number of imidazole rings is 1. The first kappa shape index (κ1) is 25.5. The van der Waals surface area contributed by atoms with Gasteiger partial charge in [0.25, 0.3) is 0 Å². The molecule has 1 saturated heterocycles. The first-order valence-electron chi connectivity index (χ1n) is 12.9. The first-order chi connectivity index (χ1) is 18.4. The van der Waals surface area contributed by atoms with Crippen molar-refractivity contribution in [2.45, 2.75) is 45.7 Å². The second kappa shape index (κ2) is 11.1. The highest BCUT2D eigenvalue weighted by Gasteiger charge is 2.32. The van der Waals surface area contributed by atoms with E-state index < -0.39 is 0 Å². The highest BCUT2D eigenvalue weighted by Crippen LogP contribution is 2.34. The number of anilines is 1. The molecular weight excluding hydrogens is 486 g/mol. The zero-order valence-electron chi connectivity index (χ0n) is 21.9. The third-order valence-corrected chi connectivity index (χ3v) is 6.81. The molecule has 4 heterocycles. The van der Waals surface area contributed by atoms with Crippen molar-refractivity contribution in [3.05, 3.63) is 54.9 Å². The average molecular weight is 520 g/mol. The van der Waals surface area contributed by atoms with E-state index in [1.54, 1.807) is 12.5 Å². The summed E-state index contributed by atoms with van der Waals surface area (Å²) in [6, 6.07) is 7.09. The Balaban J connectivity index is 1.32. The fourth-order valence-corrected chi connectivity index (χ4v) is 4.85. The molecule has 0 bridgehead atoms. The Morgan fingerprint density at radius 3 is 2.68 bits per heavy atom. The predicted octanol–water partition coefficient (Wildman–Crippen LogP) is 2.72. The third-order valence-electron chi connectivity index (χ3n) is 6.81. The van der Waals surface area contributed by atoms with E-state index in [9.17, 15) is 9.59 Å². The fourth-order valence-electron chi connectivity index (χ4n) is 4.85. The molecule has 2 amide bonds. The Bertz CT molecular complexity index is 1280. The monoisotopic (exact) mass is 519 g/mol. The normalized spacial score (nSPS) is 17.5. The van der Waals surface area contributed by atoms with E-state index >= 15 is 0 Å². The van der Waals surface area contributed by atoms with Crippen molar-refractivity contribution in [1.29, 1.82) is 0 Å². The van der Waals surface area contributed by atoms with Gasteiger partial charge in [-0.1, -0.05) is 19.9 Å². The molecule has 2 aliphatic heterocycles. The summed E-state index contributed by atoms with van der Waals surface area (Å²) in [5.41, 5.74) is 0.928. The lowest BCUT2D eigenvalue weighted by Gasteiger charge is -2.42. The molecule has 11 heteroatoms. The van der Waals surface area contributed by atoms with Crippen molar-refractivity contribution < 1.29 is 19.1 Å². The molecule has 2 unspecified atom stereocenters. The van der Waals surface area contributed by atoms with E-state index in [-0.39, 0.29) is 43.0 Å². The molecule has 1 N–H and O–H groups in total. The molecule has 2 aromatic heterocycles. The van der Waals surface area contributed by atoms with Gasteiger partial charge in [-0.2, -0.15) is 0 Å². The molecule has 38 heavy (non-hydrogen) atoms. The van der Waals surface area contributed by atoms with Crippen molar-refractivity contribution in [2.24, 2.45) is 5.92 Å². The minimum absolute atomic E-state index is 0.104. The second-order valence-electron chi connectivity index (χ2n) is 10.1. The van der Waals surface area contributed by atoms with Crippen LogP contribution in [0, 0.1) is 5.92 Å². The van der Waals surface area contributed by atoms with Gasteiger partial charge >= 0.3 is 0 Å². The van der Waals surface area contributed by atoms with Gasteiger partial charge in [0.2, 0.25) is 18.6 Å². The molecule has 0 saturated carbocycles. The van der Waals surface area contributed by atoms with E-state index in [0.717, 1.165) is 5.56 Å². The van der Waals surface area contributed by atoms with Gasteiger partial charge in [-0.3, -0.25) is 14.2 Å². The number of ether oxygens (including phenoxy) is 2. The maximum absolute atomic E-state index is 13.3. The number of hydrogen-bond acceptors (Lipinski definition) is 8. The van der Waals surface area contributed by atoms with Crippen LogP contribution in [0.4, 0.5) is 5.82 Å². The maximum atomic E-state index is 13.3. The Labute approximate surface area is 221 Å². The Morgan fingerprint density at radius 2 is 1.89 bits per heavy atom. The highest BCUT2D eigenvalue weighted by molar-refractivity contribution is 5.79. The lowest BCUT2D eigenvalue weighted by Crippen LogP contribution is -2.56. The summed E-state index contributed by atoms with van der Waals surface area (Å²) < 4.78 is 12.7. The average Bonchev–Trinajstić information content (AvgIpc) is 3.60. The quantitative estimate of drug-likeness (QED) is 0.483. The number of carbonyl (C=O) groups excluding carboxylic acids is 2. The van der Waals surface area contributed by atoms with Crippen LogP contribution in [0.25, 0.3) is 5.82 Å². The van der Waals surface area contributed by atoms with Crippen molar-refractivity contribution in [3.63, 3.8) is 0 Å². The number of nitrogens with one attached hydrogen (secondary N) is 1. The third kappa shape index (κ3) is 5.71. The van der Waals surface area contributed by atoms with Gasteiger partial charge in [0.15, 0.2) is 11.5 Å². The summed E-state index contributed by atoms with van der Waals surface area (Å²) in [5, 5.41) is 3.11. The van der Waals surface area contributed by atoms with E-state index in [4.69, 9.17) is 9.47 Å². The van der Waals surface area contributed by atoms with Crippen molar-refractivity contribution in [3.8, 4) is 17.3 Å². The Morgan fingerprint density at radius 1 is 1.08 bits per heavy atom. The van der Waals surface area contributed by atoms with Crippen LogP contribution in [0.1, 0.15) is 45.2 Å². The van der Waals surface area contributed by atoms with Crippen LogP contribution < -0.4 is 19.7 Å². The standard InChI is InChI=1S/C27H33N7O4/c1-18(2)10-27(36)32-8-9-34(25-13-24(29-15-30-25)33-7-6-28-16-33)21(14-32)12-26(35)31-19(3)20-4-5-22-23(11-20)38-17-37-22/h4-7,11,13,15-16,18-19,21H,8-10,12,14,17H2,1-3H3,(H,31,35). The number of nitrogens with zero attached hydrogens (tertiary/aromatic N) is 6. The molecule has 11 nitrogen and oxygen atoms in total. The zero-order valence-corrected chi connectivity index (χ0v) is 21.9. The summed E-state index contributed by atoms with van der Waals surface area (Å²) >= 11 is 0. The summed E-state index contributed by atoms with van der Waals surface area (Å²) in [6.45, 7) is 7.80. The van der Waals surface area contributed by atoms with Crippen LogP contribution in [-0.2, 0) is 9.59 Å². The molecule has 200 valence electrons. The molecule has 2 atom stereocenters. The lowest BCUT2D eigenvalue weighted by molar-refractivity contribution is -0.133. The summed E-state index contributed by atoms with van der Waals surface area (Å²) in [7, 11) is 0. The van der Waals surface area contributed by atoms with Crippen LogP contribution in [0.15, 0.2) is 49.3 Å². The molecule has 1 fully saturated rings. The number of benzene rings is 1. The van der Waals surface area contributed by atoms with E-state index in [0.29, 0.717) is 49.2 Å². The number of fused-ring (bicyclic) bond motifs is 1. The van der Waals surface area contributed by atoms with Gasteiger partial charge < -0.3 is 24.6 Å². The van der Waals surface area contributed by atoms with Gasteiger partial charge in [-0.15, -0.1) is 0 Å². The van der Waals surface area contributed by atoms with Gasteiger partial charge in [0.1, 0.15) is 24.3 Å². The predicted molar refractivity (Wildman–Crippen MR) is 140 cm³/mol. The second-order valence-corrected chi connectivity index (χ2v) is 10.1. The largest absolute Gasteiger partial charge is 0.454 e. The molecule has 1 aromatic carbocycles. The van der Waals surface area contributed by atoms with Crippen LogP contribution in [0.3, 0.4) is 0 Å². The first-order valence-corrected chi connectivity index (χ1v) is 12.9. The van der Waals surface area contributed by atoms with Crippen molar-refractivity contribution in [2.75, 3.05) is 31.3 Å². The Kier molecular flexibility index (Phi) is 7.43. The summed E-state index contributed by atoms with van der Waals surface area (Å²) in [4.78, 5) is 43.1. The SMILES string of the molecule is CC(C)CC(=O)N1CCN(c2cc(-n3ccnc3)ncn2)C(CC(=O)NC(C)c2ccc3c(c2)OCO3)C1. The fraction of sp³-hybridized carbons (Fsp3) is 0.444.